The Bertz CT molecular complexity index is 356. The van der Waals surface area contributed by atoms with E-state index >= 15 is 0 Å². The number of morpholine rings is 1. The van der Waals surface area contributed by atoms with Crippen LogP contribution in [-0.2, 0) is 19.1 Å². The summed E-state index contributed by atoms with van der Waals surface area (Å²) in [6, 6.07) is -0.364. The number of methoxy groups -OCH3 is 1. The van der Waals surface area contributed by atoms with Crippen LogP contribution in [0.15, 0.2) is 0 Å². The van der Waals surface area contributed by atoms with E-state index in [1.807, 2.05) is 13.8 Å². The van der Waals surface area contributed by atoms with Crippen molar-refractivity contribution in [3.05, 3.63) is 0 Å². The minimum atomic E-state index is -0.364. The summed E-state index contributed by atoms with van der Waals surface area (Å²) in [7, 11) is 1.34. The normalized spacial score (nSPS) is 26.8. The van der Waals surface area contributed by atoms with Crippen LogP contribution >= 0.6 is 0 Å². The van der Waals surface area contributed by atoms with Gasteiger partial charge in [-0.25, -0.2) is 4.79 Å². The summed E-state index contributed by atoms with van der Waals surface area (Å²) in [6.45, 7) is 6.98. The number of hydrogen-bond acceptors (Lipinski definition) is 5. The molecule has 0 aromatic heterocycles. The SMILES string of the molecule is COC(=O)C1CN1C(=O)CN1CCOC(C)(C)C1. The van der Waals surface area contributed by atoms with Crippen LogP contribution in [0, 0.1) is 0 Å². The maximum atomic E-state index is 12.0. The van der Waals surface area contributed by atoms with Crippen molar-refractivity contribution >= 4 is 11.9 Å². The third kappa shape index (κ3) is 3.00. The number of esters is 1. The molecule has 2 fully saturated rings. The van der Waals surface area contributed by atoms with Gasteiger partial charge in [-0.3, -0.25) is 9.69 Å². The zero-order valence-electron chi connectivity index (χ0n) is 11.1. The molecule has 1 amide bonds. The molecule has 2 aliphatic rings. The van der Waals surface area contributed by atoms with Crippen molar-refractivity contribution in [3.8, 4) is 0 Å². The van der Waals surface area contributed by atoms with Crippen molar-refractivity contribution < 1.29 is 19.1 Å². The van der Waals surface area contributed by atoms with Crippen LogP contribution in [-0.4, -0.2) is 73.2 Å². The minimum absolute atomic E-state index is 0.0110. The topological polar surface area (TPSA) is 58.9 Å². The summed E-state index contributed by atoms with van der Waals surface area (Å²) in [5.41, 5.74) is -0.209. The van der Waals surface area contributed by atoms with Crippen LogP contribution in [0.25, 0.3) is 0 Å². The van der Waals surface area contributed by atoms with Crippen LogP contribution in [0.2, 0.25) is 0 Å². The van der Waals surface area contributed by atoms with Gasteiger partial charge >= 0.3 is 5.97 Å². The van der Waals surface area contributed by atoms with E-state index in [2.05, 4.69) is 9.64 Å². The van der Waals surface area contributed by atoms with Crippen molar-refractivity contribution in [2.24, 2.45) is 0 Å². The average Bonchev–Trinajstić information content (AvgIpc) is 3.06. The molecule has 6 heteroatoms. The minimum Gasteiger partial charge on any atom is -0.467 e. The molecule has 2 aliphatic heterocycles. The summed E-state index contributed by atoms with van der Waals surface area (Å²) in [5, 5.41) is 0. The summed E-state index contributed by atoms with van der Waals surface area (Å²) in [5.74, 6) is -0.339. The third-order valence-corrected chi connectivity index (χ3v) is 3.27. The van der Waals surface area contributed by atoms with Gasteiger partial charge in [0.1, 0.15) is 6.04 Å². The first kappa shape index (κ1) is 13.3. The smallest absolute Gasteiger partial charge is 0.330 e. The fraction of sp³-hybridized carbons (Fsp3) is 0.833. The Balaban J connectivity index is 1.80. The summed E-state index contributed by atoms with van der Waals surface area (Å²) >= 11 is 0. The predicted molar refractivity (Wildman–Crippen MR) is 64.0 cm³/mol. The molecule has 0 aromatic rings. The van der Waals surface area contributed by atoms with E-state index in [-0.39, 0.29) is 23.5 Å². The number of nitrogens with zero attached hydrogens (tertiary/aromatic N) is 2. The fourth-order valence-electron chi connectivity index (χ4n) is 2.28. The number of rotatable bonds is 3. The Kier molecular flexibility index (Phi) is 3.59. The first-order chi connectivity index (χ1) is 8.43. The molecular formula is C12H20N2O4. The molecule has 6 nitrogen and oxygen atoms in total. The molecule has 2 heterocycles. The Hall–Kier alpha value is -1.14. The second-order valence-electron chi connectivity index (χ2n) is 5.40. The van der Waals surface area contributed by atoms with Gasteiger partial charge in [0.15, 0.2) is 0 Å². The zero-order chi connectivity index (χ0) is 13.3. The first-order valence-corrected chi connectivity index (χ1v) is 6.16. The molecule has 18 heavy (non-hydrogen) atoms. The van der Waals surface area contributed by atoms with Crippen LogP contribution in [0.5, 0.6) is 0 Å². The number of carbonyl (C=O) groups is 2. The highest BCUT2D eigenvalue weighted by Gasteiger charge is 2.45. The van der Waals surface area contributed by atoms with Crippen molar-refractivity contribution in [1.82, 2.24) is 9.80 Å². The van der Waals surface area contributed by atoms with Gasteiger partial charge in [-0.05, 0) is 13.8 Å². The predicted octanol–water partition coefficient (Wildman–Crippen LogP) is -0.519. The summed E-state index contributed by atoms with van der Waals surface area (Å²) < 4.78 is 10.2. The molecule has 0 spiro atoms. The largest absolute Gasteiger partial charge is 0.467 e. The van der Waals surface area contributed by atoms with Crippen LogP contribution in [0.3, 0.4) is 0 Å². The Morgan fingerprint density at radius 3 is 2.78 bits per heavy atom. The molecule has 1 atom stereocenters. The molecule has 0 bridgehead atoms. The van der Waals surface area contributed by atoms with E-state index in [1.165, 1.54) is 7.11 Å². The Morgan fingerprint density at radius 2 is 2.17 bits per heavy atom. The maximum Gasteiger partial charge on any atom is 0.330 e. The quantitative estimate of drug-likeness (QED) is 0.502. The molecule has 2 saturated heterocycles. The lowest BCUT2D eigenvalue weighted by Gasteiger charge is -2.37. The van der Waals surface area contributed by atoms with Crippen LogP contribution in [0.4, 0.5) is 0 Å². The van der Waals surface area contributed by atoms with Gasteiger partial charge in [-0.1, -0.05) is 0 Å². The lowest BCUT2D eigenvalue weighted by Crippen LogP contribution is -2.50. The number of amides is 1. The van der Waals surface area contributed by atoms with Crippen molar-refractivity contribution in [2.45, 2.75) is 25.5 Å². The highest BCUT2D eigenvalue weighted by Crippen LogP contribution is 2.21. The van der Waals surface area contributed by atoms with Gasteiger partial charge < -0.3 is 14.4 Å². The van der Waals surface area contributed by atoms with E-state index in [0.29, 0.717) is 19.7 Å². The molecule has 0 saturated carbocycles. The molecule has 102 valence electrons. The van der Waals surface area contributed by atoms with Crippen molar-refractivity contribution in [1.29, 1.82) is 0 Å². The molecule has 0 N–H and O–H groups in total. The van der Waals surface area contributed by atoms with Gasteiger partial charge in [-0.15, -0.1) is 0 Å². The Morgan fingerprint density at radius 1 is 1.44 bits per heavy atom. The van der Waals surface area contributed by atoms with Crippen LogP contribution in [0.1, 0.15) is 13.8 Å². The lowest BCUT2D eigenvalue weighted by atomic mass is 10.1. The number of hydrogen-bond donors (Lipinski definition) is 0. The molecule has 0 radical (unpaired) electrons. The zero-order valence-corrected chi connectivity index (χ0v) is 11.1. The molecule has 0 aromatic carbocycles. The fourth-order valence-corrected chi connectivity index (χ4v) is 2.28. The van der Waals surface area contributed by atoms with E-state index in [4.69, 9.17) is 4.74 Å². The van der Waals surface area contributed by atoms with Crippen molar-refractivity contribution in [2.75, 3.05) is 39.9 Å². The second-order valence-corrected chi connectivity index (χ2v) is 5.40. The van der Waals surface area contributed by atoms with E-state index in [1.54, 1.807) is 4.90 Å². The maximum absolute atomic E-state index is 12.0. The highest BCUT2D eigenvalue weighted by atomic mass is 16.5. The van der Waals surface area contributed by atoms with Gasteiger partial charge in [0.2, 0.25) is 5.91 Å². The second kappa shape index (κ2) is 4.85. The van der Waals surface area contributed by atoms with E-state index < -0.39 is 0 Å². The van der Waals surface area contributed by atoms with E-state index in [9.17, 15) is 9.59 Å². The van der Waals surface area contributed by atoms with Gasteiger partial charge in [0.25, 0.3) is 0 Å². The molecular weight excluding hydrogens is 236 g/mol. The number of carbonyl (C=O) groups excluding carboxylic acids is 2. The molecule has 0 aliphatic carbocycles. The monoisotopic (exact) mass is 256 g/mol. The summed E-state index contributed by atoms with van der Waals surface area (Å²) in [4.78, 5) is 26.8. The Labute approximate surface area is 107 Å². The van der Waals surface area contributed by atoms with Crippen molar-refractivity contribution in [3.63, 3.8) is 0 Å². The highest BCUT2D eigenvalue weighted by molar-refractivity contribution is 5.90. The van der Waals surface area contributed by atoms with Gasteiger partial charge in [-0.2, -0.15) is 0 Å². The van der Waals surface area contributed by atoms with Gasteiger partial charge in [0, 0.05) is 13.1 Å². The summed E-state index contributed by atoms with van der Waals surface area (Å²) in [6.07, 6.45) is 0. The molecule has 2 rings (SSSR count). The van der Waals surface area contributed by atoms with Gasteiger partial charge in [0.05, 0.1) is 32.4 Å². The van der Waals surface area contributed by atoms with E-state index in [0.717, 1.165) is 13.1 Å². The first-order valence-electron chi connectivity index (χ1n) is 6.16. The number of ether oxygens (including phenoxy) is 2. The third-order valence-electron chi connectivity index (χ3n) is 3.27. The standard InChI is InChI=1S/C12H20N2O4/c1-12(2)8-13(4-5-18-12)7-10(15)14-6-9(14)11(16)17-3/h9H,4-8H2,1-3H3. The average molecular weight is 256 g/mol. The van der Waals surface area contributed by atoms with Crippen LogP contribution < -0.4 is 0 Å². The lowest BCUT2D eigenvalue weighted by molar-refractivity contribution is -0.144. The molecule has 1 unspecified atom stereocenters.